The van der Waals surface area contributed by atoms with Crippen LogP contribution >= 0.6 is 11.8 Å². The van der Waals surface area contributed by atoms with E-state index in [4.69, 9.17) is 5.14 Å². The molecule has 0 saturated carbocycles. The van der Waals surface area contributed by atoms with Crippen LogP contribution in [0.4, 0.5) is 5.69 Å². The Kier molecular flexibility index (Phi) is 5.73. The van der Waals surface area contributed by atoms with Gasteiger partial charge in [-0.05, 0) is 30.7 Å². The number of nitrogens with one attached hydrogen (secondary N) is 1. The van der Waals surface area contributed by atoms with E-state index in [2.05, 4.69) is 5.32 Å². The zero-order valence-corrected chi connectivity index (χ0v) is 12.8. The minimum Gasteiger partial charge on any atom is -0.325 e. The predicted octanol–water partition coefficient (Wildman–Crippen LogP) is 1.33. The van der Waals surface area contributed by atoms with E-state index >= 15 is 0 Å². The second-order valence-electron chi connectivity index (χ2n) is 4.06. The van der Waals surface area contributed by atoms with Crippen molar-refractivity contribution in [3.8, 4) is 0 Å². The molecule has 0 aliphatic carbocycles. The molecule has 8 heteroatoms. The van der Waals surface area contributed by atoms with E-state index in [1.807, 2.05) is 6.92 Å². The average Bonchev–Trinajstić information content (AvgIpc) is 2.35. The van der Waals surface area contributed by atoms with E-state index in [9.17, 15) is 18.0 Å². The summed E-state index contributed by atoms with van der Waals surface area (Å²) in [5.41, 5.74) is 0.449. The standard InChI is InChI=1S/C12H16N2O4S2/c1-3-11(19-8(2)15)12(16)14-9-4-6-10(7-5-9)20(13,17)18/h4-7,11H,3H2,1-2H3,(H,14,16)(H2,13,17,18)/t11-/m0/s1. The lowest BCUT2D eigenvalue weighted by Gasteiger charge is -2.13. The van der Waals surface area contributed by atoms with Crippen LogP contribution in [0.15, 0.2) is 29.2 Å². The number of rotatable bonds is 5. The fourth-order valence-corrected chi connectivity index (χ4v) is 2.72. The number of sulfonamides is 1. The van der Waals surface area contributed by atoms with Crippen molar-refractivity contribution >= 4 is 38.5 Å². The van der Waals surface area contributed by atoms with Crippen molar-refractivity contribution in [1.29, 1.82) is 0 Å². The SMILES string of the molecule is CC[C@H](SC(C)=O)C(=O)Nc1ccc(S(N)(=O)=O)cc1. The van der Waals surface area contributed by atoms with Gasteiger partial charge in [0.05, 0.1) is 10.1 Å². The van der Waals surface area contributed by atoms with Gasteiger partial charge in [-0.15, -0.1) is 0 Å². The summed E-state index contributed by atoms with van der Waals surface area (Å²) < 4.78 is 22.2. The molecule has 6 nitrogen and oxygen atoms in total. The normalized spacial score (nSPS) is 12.8. The van der Waals surface area contributed by atoms with Crippen LogP contribution in [-0.2, 0) is 19.6 Å². The number of carbonyl (C=O) groups excluding carboxylic acids is 2. The van der Waals surface area contributed by atoms with E-state index in [1.54, 1.807) is 0 Å². The molecule has 3 N–H and O–H groups in total. The maximum atomic E-state index is 11.9. The molecule has 1 aromatic rings. The van der Waals surface area contributed by atoms with Crippen molar-refractivity contribution in [2.24, 2.45) is 5.14 Å². The Labute approximate surface area is 122 Å². The molecule has 0 aliphatic rings. The maximum absolute atomic E-state index is 11.9. The van der Waals surface area contributed by atoms with Gasteiger partial charge < -0.3 is 5.32 Å². The van der Waals surface area contributed by atoms with E-state index < -0.39 is 15.3 Å². The Balaban J connectivity index is 2.78. The lowest BCUT2D eigenvalue weighted by Crippen LogP contribution is -2.25. The molecule has 20 heavy (non-hydrogen) atoms. The van der Waals surface area contributed by atoms with Gasteiger partial charge in [0.25, 0.3) is 0 Å². The molecule has 0 bridgehead atoms. The maximum Gasteiger partial charge on any atom is 0.238 e. The third-order valence-electron chi connectivity index (χ3n) is 2.42. The monoisotopic (exact) mass is 316 g/mol. The second-order valence-corrected chi connectivity index (χ2v) is 7.01. The number of hydrogen-bond acceptors (Lipinski definition) is 5. The lowest BCUT2D eigenvalue weighted by molar-refractivity contribution is -0.116. The zero-order valence-electron chi connectivity index (χ0n) is 11.1. The molecule has 1 atom stereocenters. The van der Waals surface area contributed by atoms with Gasteiger partial charge >= 0.3 is 0 Å². The molecule has 0 saturated heterocycles. The molecule has 1 rings (SSSR count). The number of carbonyl (C=O) groups is 2. The van der Waals surface area contributed by atoms with Gasteiger partial charge in [-0.2, -0.15) is 0 Å². The van der Waals surface area contributed by atoms with Gasteiger partial charge in [0, 0.05) is 12.6 Å². The summed E-state index contributed by atoms with van der Waals surface area (Å²) in [6.45, 7) is 3.21. The van der Waals surface area contributed by atoms with Crippen LogP contribution in [0.25, 0.3) is 0 Å². The van der Waals surface area contributed by atoms with Crippen LogP contribution < -0.4 is 10.5 Å². The number of thioether (sulfide) groups is 1. The van der Waals surface area contributed by atoms with Gasteiger partial charge in [-0.25, -0.2) is 13.6 Å². The topological polar surface area (TPSA) is 106 Å². The number of nitrogens with two attached hydrogens (primary N) is 1. The second kappa shape index (κ2) is 6.87. The summed E-state index contributed by atoms with van der Waals surface area (Å²) in [7, 11) is -3.75. The summed E-state index contributed by atoms with van der Waals surface area (Å²) in [4.78, 5) is 22.9. The molecule has 110 valence electrons. The molecule has 1 aromatic carbocycles. The van der Waals surface area contributed by atoms with Gasteiger partial charge in [0.2, 0.25) is 15.9 Å². The summed E-state index contributed by atoms with van der Waals surface area (Å²) in [6.07, 6.45) is 0.519. The Morgan fingerprint density at radius 1 is 1.30 bits per heavy atom. The fraction of sp³-hybridized carbons (Fsp3) is 0.333. The highest BCUT2D eigenvalue weighted by atomic mass is 32.2. The Morgan fingerprint density at radius 3 is 2.25 bits per heavy atom. The molecule has 1 amide bonds. The highest BCUT2D eigenvalue weighted by Gasteiger charge is 2.19. The number of hydrogen-bond donors (Lipinski definition) is 2. The highest BCUT2D eigenvalue weighted by Crippen LogP contribution is 2.19. The highest BCUT2D eigenvalue weighted by molar-refractivity contribution is 8.14. The third-order valence-corrected chi connectivity index (χ3v) is 4.51. The van der Waals surface area contributed by atoms with Gasteiger partial charge in [0.1, 0.15) is 0 Å². The van der Waals surface area contributed by atoms with E-state index in [1.165, 1.54) is 31.2 Å². The molecule has 0 aromatic heterocycles. The van der Waals surface area contributed by atoms with Gasteiger partial charge in [0.15, 0.2) is 5.12 Å². The minimum absolute atomic E-state index is 0.0272. The lowest BCUT2D eigenvalue weighted by atomic mass is 10.3. The van der Waals surface area contributed by atoms with Crippen LogP contribution in [0, 0.1) is 0 Å². The van der Waals surface area contributed by atoms with E-state index in [0.29, 0.717) is 12.1 Å². The molecule has 0 heterocycles. The van der Waals surface area contributed by atoms with E-state index in [-0.39, 0.29) is 15.9 Å². The molecular formula is C12H16N2O4S2. The first kappa shape index (κ1) is 16.7. The number of amides is 1. The predicted molar refractivity (Wildman–Crippen MR) is 78.8 cm³/mol. The Morgan fingerprint density at radius 2 is 1.85 bits per heavy atom. The van der Waals surface area contributed by atoms with Crippen LogP contribution in [0.5, 0.6) is 0 Å². The van der Waals surface area contributed by atoms with Crippen LogP contribution in [0.3, 0.4) is 0 Å². The van der Waals surface area contributed by atoms with Crippen LogP contribution in [-0.4, -0.2) is 24.7 Å². The molecular weight excluding hydrogens is 300 g/mol. The van der Waals surface area contributed by atoms with Crippen molar-refractivity contribution in [2.45, 2.75) is 30.4 Å². The quantitative estimate of drug-likeness (QED) is 0.852. The average molecular weight is 316 g/mol. The molecule has 0 fully saturated rings. The smallest absolute Gasteiger partial charge is 0.238 e. The van der Waals surface area contributed by atoms with Crippen LogP contribution in [0.1, 0.15) is 20.3 Å². The Bertz CT molecular complexity index is 596. The van der Waals surface area contributed by atoms with Crippen molar-refractivity contribution in [3.63, 3.8) is 0 Å². The zero-order chi connectivity index (χ0) is 15.3. The number of benzene rings is 1. The summed E-state index contributed by atoms with van der Waals surface area (Å²) in [5.74, 6) is -0.295. The van der Waals surface area contributed by atoms with Crippen molar-refractivity contribution in [3.05, 3.63) is 24.3 Å². The van der Waals surface area contributed by atoms with Gasteiger partial charge in [-0.3, -0.25) is 9.59 Å². The molecule has 0 radical (unpaired) electrons. The van der Waals surface area contributed by atoms with Crippen molar-refractivity contribution in [1.82, 2.24) is 0 Å². The van der Waals surface area contributed by atoms with Gasteiger partial charge in [-0.1, -0.05) is 18.7 Å². The molecule has 0 aliphatic heterocycles. The number of primary sulfonamides is 1. The van der Waals surface area contributed by atoms with Crippen molar-refractivity contribution < 1.29 is 18.0 Å². The van der Waals surface area contributed by atoms with E-state index in [0.717, 1.165) is 11.8 Å². The first-order valence-electron chi connectivity index (χ1n) is 5.85. The molecule has 0 unspecified atom stereocenters. The van der Waals surface area contributed by atoms with Crippen molar-refractivity contribution in [2.75, 3.05) is 5.32 Å². The molecule has 0 spiro atoms. The van der Waals surface area contributed by atoms with Crippen LogP contribution in [0.2, 0.25) is 0 Å². The summed E-state index contributed by atoms with van der Waals surface area (Å²) in [6, 6.07) is 5.51. The Hall–Kier alpha value is -1.38. The first-order chi connectivity index (χ1) is 9.24. The third kappa shape index (κ3) is 4.95. The largest absolute Gasteiger partial charge is 0.325 e. The minimum atomic E-state index is -3.75. The summed E-state index contributed by atoms with van der Waals surface area (Å²) in [5, 5.41) is 7.01. The summed E-state index contributed by atoms with van der Waals surface area (Å²) >= 11 is 0.967. The number of anilines is 1. The fourth-order valence-electron chi connectivity index (χ4n) is 1.47. The first-order valence-corrected chi connectivity index (χ1v) is 8.27.